The Morgan fingerprint density at radius 3 is 3.06 bits per heavy atom. The molecule has 1 fully saturated rings. The maximum absolute atomic E-state index is 5.75. The second-order valence-electron chi connectivity index (χ2n) is 4.13. The van der Waals surface area contributed by atoms with Gasteiger partial charge < -0.3 is 10.6 Å². The van der Waals surface area contributed by atoms with Gasteiger partial charge in [-0.3, -0.25) is 0 Å². The van der Waals surface area contributed by atoms with E-state index in [2.05, 4.69) is 46.0 Å². The average Bonchev–Trinajstić information content (AvgIpc) is 2.29. The fourth-order valence-corrected chi connectivity index (χ4v) is 3.77. The second-order valence-corrected chi connectivity index (χ2v) is 6.39. The Morgan fingerprint density at radius 1 is 1.56 bits per heavy atom. The molecule has 88 valence electrons. The van der Waals surface area contributed by atoms with Crippen LogP contribution in [0.3, 0.4) is 0 Å². The molecule has 0 spiro atoms. The molecule has 0 saturated carbocycles. The third-order valence-corrected chi connectivity index (χ3v) is 4.71. The molecule has 0 bridgehead atoms. The molecule has 0 radical (unpaired) electrons. The van der Waals surface area contributed by atoms with Crippen LogP contribution in [0.5, 0.6) is 0 Å². The molecule has 1 atom stereocenters. The fourth-order valence-electron chi connectivity index (χ4n) is 1.95. The highest BCUT2D eigenvalue weighted by atomic mass is 79.9. The third-order valence-electron chi connectivity index (χ3n) is 2.85. The van der Waals surface area contributed by atoms with E-state index in [9.17, 15) is 0 Å². The van der Waals surface area contributed by atoms with Crippen molar-refractivity contribution in [3.63, 3.8) is 0 Å². The van der Waals surface area contributed by atoms with Crippen LogP contribution in [-0.4, -0.2) is 30.6 Å². The lowest BCUT2D eigenvalue weighted by atomic mass is 10.2. The highest BCUT2D eigenvalue weighted by Gasteiger charge is 2.20. The second kappa shape index (κ2) is 5.43. The van der Waals surface area contributed by atoms with E-state index in [1.54, 1.807) is 0 Å². The lowest BCUT2D eigenvalue weighted by Crippen LogP contribution is -2.41. The Labute approximate surface area is 110 Å². The van der Waals surface area contributed by atoms with Crippen molar-refractivity contribution in [2.24, 2.45) is 5.73 Å². The normalized spacial score (nSPS) is 21.2. The summed E-state index contributed by atoms with van der Waals surface area (Å²) >= 11 is 5.63. The van der Waals surface area contributed by atoms with Crippen LogP contribution in [0.1, 0.15) is 5.56 Å². The summed E-state index contributed by atoms with van der Waals surface area (Å²) in [5, 5.41) is 0.571. The summed E-state index contributed by atoms with van der Waals surface area (Å²) in [6.45, 7) is 5.06. The van der Waals surface area contributed by atoms with Crippen LogP contribution in [-0.2, 0) is 0 Å². The summed E-state index contributed by atoms with van der Waals surface area (Å²) in [5.74, 6) is 1.17. The Hall–Kier alpha value is -0.190. The first-order valence-electron chi connectivity index (χ1n) is 5.53. The maximum atomic E-state index is 5.75. The molecule has 1 aromatic carbocycles. The molecule has 0 amide bonds. The van der Waals surface area contributed by atoms with Crippen LogP contribution in [0.4, 0.5) is 5.69 Å². The molecule has 0 aliphatic carbocycles. The molecule has 1 saturated heterocycles. The van der Waals surface area contributed by atoms with E-state index in [0.29, 0.717) is 5.25 Å². The van der Waals surface area contributed by atoms with Crippen molar-refractivity contribution in [1.82, 2.24) is 0 Å². The Morgan fingerprint density at radius 2 is 2.38 bits per heavy atom. The van der Waals surface area contributed by atoms with E-state index < -0.39 is 0 Å². The van der Waals surface area contributed by atoms with Gasteiger partial charge in [0.2, 0.25) is 0 Å². The van der Waals surface area contributed by atoms with Gasteiger partial charge in [0.1, 0.15) is 0 Å². The van der Waals surface area contributed by atoms with Crippen molar-refractivity contribution in [1.29, 1.82) is 0 Å². The number of rotatable bonds is 2. The summed E-state index contributed by atoms with van der Waals surface area (Å²) in [6.07, 6.45) is 0. The van der Waals surface area contributed by atoms with E-state index in [4.69, 9.17) is 5.73 Å². The van der Waals surface area contributed by atoms with Crippen LogP contribution in [0.2, 0.25) is 0 Å². The van der Waals surface area contributed by atoms with Gasteiger partial charge in [0.25, 0.3) is 0 Å². The van der Waals surface area contributed by atoms with Gasteiger partial charge in [0, 0.05) is 35.1 Å². The number of aryl methyl sites for hydroxylation is 1. The van der Waals surface area contributed by atoms with Gasteiger partial charge in [-0.15, -0.1) is 0 Å². The highest BCUT2D eigenvalue weighted by Crippen LogP contribution is 2.30. The zero-order chi connectivity index (χ0) is 11.5. The van der Waals surface area contributed by atoms with Gasteiger partial charge in [-0.25, -0.2) is 0 Å². The minimum atomic E-state index is 0.571. The van der Waals surface area contributed by atoms with Crippen molar-refractivity contribution in [3.8, 4) is 0 Å². The molecular formula is C12H17BrN2S. The number of anilines is 1. The first-order chi connectivity index (χ1) is 7.70. The highest BCUT2D eigenvalue weighted by molar-refractivity contribution is 9.10. The summed E-state index contributed by atoms with van der Waals surface area (Å²) in [7, 11) is 0. The molecule has 1 aromatic rings. The predicted molar refractivity (Wildman–Crippen MR) is 76.4 cm³/mol. The largest absolute Gasteiger partial charge is 0.369 e. The molecule has 0 aromatic heterocycles. The van der Waals surface area contributed by atoms with Gasteiger partial charge in [0.15, 0.2) is 0 Å². The quantitative estimate of drug-likeness (QED) is 0.910. The van der Waals surface area contributed by atoms with Crippen molar-refractivity contribution in [3.05, 3.63) is 28.2 Å². The molecule has 1 aliphatic heterocycles. The van der Waals surface area contributed by atoms with E-state index in [0.717, 1.165) is 19.6 Å². The van der Waals surface area contributed by atoms with Gasteiger partial charge >= 0.3 is 0 Å². The number of nitrogens with zero attached hydrogens (tertiary/aromatic N) is 1. The number of benzene rings is 1. The third kappa shape index (κ3) is 2.73. The van der Waals surface area contributed by atoms with Gasteiger partial charge in [-0.2, -0.15) is 11.8 Å². The van der Waals surface area contributed by atoms with Crippen molar-refractivity contribution in [2.75, 3.05) is 30.3 Å². The van der Waals surface area contributed by atoms with E-state index in [1.807, 2.05) is 11.8 Å². The summed E-state index contributed by atoms with van der Waals surface area (Å²) < 4.78 is 1.19. The van der Waals surface area contributed by atoms with Crippen LogP contribution in [0.15, 0.2) is 22.7 Å². The molecule has 1 heterocycles. The number of hydrogen-bond acceptors (Lipinski definition) is 3. The minimum Gasteiger partial charge on any atom is -0.369 e. The standard InChI is InChI=1S/C12H17BrN2S/c1-9-2-3-12(11(13)6-9)15-4-5-16-10(7-14)8-15/h2-3,6,10H,4-5,7-8,14H2,1H3. The van der Waals surface area contributed by atoms with Gasteiger partial charge in [-0.1, -0.05) is 6.07 Å². The summed E-state index contributed by atoms with van der Waals surface area (Å²) in [6, 6.07) is 6.54. The summed E-state index contributed by atoms with van der Waals surface area (Å²) in [4.78, 5) is 2.43. The number of thioether (sulfide) groups is 1. The lowest BCUT2D eigenvalue weighted by molar-refractivity contribution is 0.747. The average molecular weight is 301 g/mol. The smallest absolute Gasteiger partial charge is 0.0511 e. The topological polar surface area (TPSA) is 29.3 Å². The van der Waals surface area contributed by atoms with Crippen LogP contribution >= 0.6 is 27.7 Å². The van der Waals surface area contributed by atoms with Crippen molar-refractivity contribution < 1.29 is 0 Å². The zero-order valence-corrected chi connectivity index (χ0v) is 11.9. The molecule has 16 heavy (non-hydrogen) atoms. The number of nitrogens with two attached hydrogens (primary N) is 1. The SMILES string of the molecule is Cc1ccc(N2CCSC(CN)C2)c(Br)c1. The van der Waals surface area contributed by atoms with E-state index in [-0.39, 0.29) is 0 Å². The Kier molecular flexibility index (Phi) is 4.16. The lowest BCUT2D eigenvalue weighted by Gasteiger charge is -2.34. The molecule has 1 unspecified atom stereocenters. The van der Waals surface area contributed by atoms with Gasteiger partial charge in [0.05, 0.1) is 5.69 Å². The predicted octanol–water partition coefficient (Wildman–Crippen LogP) is 2.64. The molecular weight excluding hydrogens is 284 g/mol. The van der Waals surface area contributed by atoms with Crippen LogP contribution in [0, 0.1) is 6.92 Å². The molecule has 4 heteroatoms. The molecule has 2 rings (SSSR count). The molecule has 2 nitrogen and oxygen atoms in total. The fraction of sp³-hybridized carbons (Fsp3) is 0.500. The maximum Gasteiger partial charge on any atom is 0.0511 e. The molecule has 2 N–H and O–H groups in total. The number of hydrogen-bond donors (Lipinski definition) is 1. The van der Waals surface area contributed by atoms with E-state index >= 15 is 0 Å². The monoisotopic (exact) mass is 300 g/mol. The van der Waals surface area contributed by atoms with Crippen molar-refractivity contribution in [2.45, 2.75) is 12.2 Å². The van der Waals surface area contributed by atoms with Gasteiger partial charge in [-0.05, 0) is 40.5 Å². The first kappa shape index (κ1) is 12.3. The van der Waals surface area contributed by atoms with Crippen LogP contribution < -0.4 is 10.6 Å². The zero-order valence-electron chi connectivity index (χ0n) is 9.45. The van der Waals surface area contributed by atoms with Crippen LogP contribution in [0.25, 0.3) is 0 Å². The Balaban J connectivity index is 2.16. The first-order valence-corrected chi connectivity index (χ1v) is 7.37. The van der Waals surface area contributed by atoms with E-state index in [1.165, 1.54) is 21.5 Å². The number of halogens is 1. The summed E-state index contributed by atoms with van der Waals surface area (Å²) in [5.41, 5.74) is 8.33. The molecule has 1 aliphatic rings. The Bertz CT molecular complexity index is 370. The van der Waals surface area contributed by atoms with Crippen molar-refractivity contribution >= 4 is 33.4 Å². The minimum absolute atomic E-state index is 0.571.